The van der Waals surface area contributed by atoms with Gasteiger partial charge < -0.3 is 49.8 Å². The number of Topliss-reactive ketones (excluding diaryl/α,β-unsaturated/α-hetero) is 1. The minimum atomic E-state index is -2.22. The number of fused-ring (bicyclic) bond motifs is 9. The van der Waals surface area contributed by atoms with E-state index >= 15 is 0 Å². The molecule has 3 heterocycles. The number of halogens is 1. The molecule has 6 N–H and O–H groups in total. The van der Waals surface area contributed by atoms with Crippen molar-refractivity contribution in [3.63, 3.8) is 0 Å². The van der Waals surface area contributed by atoms with Crippen molar-refractivity contribution in [1.82, 2.24) is 5.32 Å². The molecule has 21 atom stereocenters. The van der Waals surface area contributed by atoms with E-state index in [1.165, 1.54) is 26.0 Å². The Morgan fingerprint density at radius 2 is 1.60 bits per heavy atom. The first kappa shape index (κ1) is 35.6. The summed E-state index contributed by atoms with van der Waals surface area (Å²) in [7, 11) is 0. The molecule has 8 fully saturated rings. The summed E-state index contributed by atoms with van der Waals surface area (Å²) >= 11 is 0. The summed E-state index contributed by atoms with van der Waals surface area (Å²) in [6, 6.07) is 3.69. The summed E-state index contributed by atoms with van der Waals surface area (Å²) in [6.45, 7) is 8.75. The molecule has 15 heteroatoms. The summed E-state index contributed by atoms with van der Waals surface area (Å²) in [5, 5.41) is 65.6. The zero-order valence-electron chi connectivity index (χ0n) is 30.1. The van der Waals surface area contributed by atoms with E-state index in [-0.39, 0.29) is 12.0 Å². The predicted octanol–water partition coefficient (Wildman–Crippen LogP) is -0.151. The highest BCUT2D eigenvalue weighted by molar-refractivity contribution is 5.94. The Morgan fingerprint density at radius 1 is 0.943 bits per heavy atom. The molecule has 3 saturated heterocycles. The van der Waals surface area contributed by atoms with Crippen LogP contribution in [0.1, 0.15) is 58.3 Å². The van der Waals surface area contributed by atoms with Gasteiger partial charge in [0, 0.05) is 41.6 Å². The number of carbonyl (C=O) groups excluding carboxylic acids is 4. The molecule has 1 amide bonds. The number of rotatable bonds is 4. The number of nitrogens with one attached hydrogen (secondary N) is 1. The van der Waals surface area contributed by atoms with Crippen LogP contribution in [-0.2, 0) is 33.3 Å². The van der Waals surface area contributed by atoms with E-state index in [4.69, 9.17) is 18.9 Å². The van der Waals surface area contributed by atoms with Crippen LogP contribution in [0.15, 0.2) is 24.3 Å². The molecule has 1 spiro atoms. The highest BCUT2D eigenvalue weighted by Crippen LogP contribution is 2.80. The fourth-order valence-electron chi connectivity index (χ4n) is 13.7. The number of esters is 2. The fraction of sp³-hybridized carbons (Fsp3) is 0.737. The third kappa shape index (κ3) is 3.87. The molecule has 3 aliphatic heterocycles. The van der Waals surface area contributed by atoms with Gasteiger partial charge in [-0.1, -0.05) is 13.8 Å². The monoisotopic (exact) mass is 743 g/mol. The van der Waals surface area contributed by atoms with E-state index in [2.05, 4.69) is 5.32 Å². The van der Waals surface area contributed by atoms with Crippen molar-refractivity contribution in [3.8, 4) is 0 Å². The smallest absolute Gasteiger partial charge is 0.341 e. The lowest BCUT2D eigenvalue weighted by Crippen LogP contribution is -2.77. The summed E-state index contributed by atoms with van der Waals surface area (Å²) in [5.41, 5.74) is -7.10. The number of hydrogen-bond donors (Lipinski definition) is 6. The van der Waals surface area contributed by atoms with E-state index in [0.717, 1.165) is 19.1 Å². The second-order valence-electron chi connectivity index (χ2n) is 17.7. The number of hydrogen-bond acceptors (Lipinski definition) is 13. The summed E-state index contributed by atoms with van der Waals surface area (Å²) in [6.07, 6.45) is -9.31. The van der Waals surface area contributed by atoms with Gasteiger partial charge in [0.2, 0.25) is 5.79 Å². The number of epoxide rings is 2. The third-order valence-corrected chi connectivity index (χ3v) is 16.0. The Labute approximate surface area is 304 Å². The number of ether oxygens (including phenoxy) is 4. The van der Waals surface area contributed by atoms with E-state index in [1.807, 2.05) is 0 Å². The molecule has 5 aliphatic carbocycles. The van der Waals surface area contributed by atoms with Gasteiger partial charge in [-0.2, -0.15) is 0 Å². The number of aliphatic hydroxyl groups excluding tert-OH is 4. The Balaban J connectivity index is 1.26. The summed E-state index contributed by atoms with van der Waals surface area (Å²) < 4.78 is 37.6. The van der Waals surface area contributed by atoms with Crippen LogP contribution in [0, 0.1) is 63.5 Å². The van der Waals surface area contributed by atoms with Gasteiger partial charge in [0.05, 0.1) is 41.3 Å². The topological polar surface area (TPSA) is 225 Å². The first-order chi connectivity index (χ1) is 24.7. The molecule has 0 bridgehead atoms. The lowest BCUT2D eigenvalue weighted by Gasteiger charge is -2.67. The average molecular weight is 744 g/mol. The number of carbonyl (C=O) groups is 4. The zero-order chi connectivity index (χ0) is 38.3. The Hall–Kier alpha value is -3.05. The SMILES string of the molecule is CC(=O)O[C@H]1[C@H]2[C@@H]([C@@H](O)[C@@H](NC(=O)c3ccc(F)cc3)[C@H]3C[C@@H]4O[C@@H]4[C@H](O)[C@]23C)[C@@H]2[C@@H](O)[C@@H]3[C@H]([C@H](C)[C@H]4O[C@]45OC(=O)[C@@](C)(O)[C@]35C)[C@@]2(C(C)=O)[C@H]1O. The first-order valence-electron chi connectivity index (χ1n) is 18.5. The van der Waals surface area contributed by atoms with Crippen LogP contribution < -0.4 is 5.32 Å². The molecule has 0 aromatic heterocycles. The van der Waals surface area contributed by atoms with Crippen LogP contribution in [0.4, 0.5) is 4.39 Å². The maximum Gasteiger partial charge on any atom is 0.341 e. The van der Waals surface area contributed by atoms with Crippen molar-refractivity contribution in [2.75, 3.05) is 0 Å². The normalized spacial score (nSPS) is 56.5. The number of benzene rings is 1. The first-order valence-corrected chi connectivity index (χ1v) is 18.5. The lowest BCUT2D eigenvalue weighted by molar-refractivity contribution is -0.279. The maximum atomic E-state index is 14.6. The van der Waals surface area contributed by atoms with Gasteiger partial charge in [-0.15, -0.1) is 0 Å². The second kappa shape index (κ2) is 10.6. The van der Waals surface area contributed by atoms with Crippen molar-refractivity contribution < 1.29 is 68.0 Å². The van der Waals surface area contributed by atoms with Crippen molar-refractivity contribution in [1.29, 1.82) is 0 Å². The van der Waals surface area contributed by atoms with Gasteiger partial charge in [-0.25, -0.2) is 9.18 Å². The van der Waals surface area contributed by atoms with Crippen LogP contribution in [0.3, 0.4) is 0 Å². The summed E-state index contributed by atoms with van der Waals surface area (Å²) in [4.78, 5) is 54.8. The largest absolute Gasteiger partial charge is 0.459 e. The van der Waals surface area contributed by atoms with Gasteiger partial charge in [0.1, 0.15) is 36.0 Å². The van der Waals surface area contributed by atoms with Crippen LogP contribution in [0.2, 0.25) is 0 Å². The molecule has 14 nitrogen and oxygen atoms in total. The molecule has 8 aliphatic rings. The molecule has 5 saturated carbocycles. The van der Waals surface area contributed by atoms with E-state index in [9.17, 15) is 49.1 Å². The molecule has 1 aromatic rings. The minimum Gasteiger partial charge on any atom is -0.459 e. The van der Waals surface area contributed by atoms with Gasteiger partial charge in [-0.05, 0) is 69.2 Å². The number of ketones is 1. The molecule has 0 unspecified atom stereocenters. The van der Waals surface area contributed by atoms with Crippen molar-refractivity contribution >= 4 is 23.6 Å². The lowest BCUT2D eigenvalue weighted by atomic mass is 9.39. The van der Waals surface area contributed by atoms with Gasteiger partial charge >= 0.3 is 11.9 Å². The molecule has 1 aromatic carbocycles. The van der Waals surface area contributed by atoms with Crippen LogP contribution in [0.25, 0.3) is 0 Å². The Kier molecular flexibility index (Phi) is 7.14. The Bertz CT molecular complexity index is 1820. The fourth-order valence-corrected chi connectivity index (χ4v) is 13.7. The van der Waals surface area contributed by atoms with Crippen molar-refractivity contribution in [2.45, 2.75) is 114 Å². The standard InChI is InChI=1S/C38H46FNO13/c1-12-20-23(35(5)36(6,49)33(48)53-38(35)31(12)52-38)26(44)21-19-22(28(50-14(3)42)30(46)37(20,21)13(2)41)34(4)17(11-18-27(51-18)29(34)45)24(25(19)43)40-32(47)15-7-9-16(39)10-8-15/h7-10,12,17-31,43-46,49H,11H2,1-6H3,(H,40,47)/t12-,17+,18-,19-,20-,21+,22+,23-,24-,25+,26+,27-,28-,29-,30-,31+,34-,35-,36+,37+,38-/m0/s1. The van der Waals surface area contributed by atoms with Crippen LogP contribution >= 0.6 is 0 Å². The number of aliphatic hydroxyl groups is 5. The maximum absolute atomic E-state index is 14.6. The highest BCUT2D eigenvalue weighted by Gasteiger charge is 2.93. The minimum absolute atomic E-state index is 0.0978. The van der Waals surface area contributed by atoms with E-state index < -0.39 is 153 Å². The van der Waals surface area contributed by atoms with Crippen molar-refractivity contribution in [3.05, 3.63) is 35.6 Å². The molecule has 288 valence electrons. The molecule has 53 heavy (non-hydrogen) atoms. The third-order valence-electron chi connectivity index (χ3n) is 16.0. The number of amides is 1. The van der Waals surface area contributed by atoms with Gasteiger partial charge in [0.25, 0.3) is 5.91 Å². The Morgan fingerprint density at radius 3 is 2.23 bits per heavy atom. The van der Waals surface area contributed by atoms with Gasteiger partial charge in [0.15, 0.2) is 5.60 Å². The molecular weight excluding hydrogens is 697 g/mol. The zero-order valence-corrected chi connectivity index (χ0v) is 30.1. The average Bonchev–Trinajstić information content (AvgIpc) is 3.99. The molecule has 9 rings (SSSR count). The predicted molar refractivity (Wildman–Crippen MR) is 174 cm³/mol. The van der Waals surface area contributed by atoms with Crippen LogP contribution in [0.5, 0.6) is 0 Å². The molecule has 0 radical (unpaired) electrons. The van der Waals surface area contributed by atoms with Crippen LogP contribution in [-0.4, -0.2) is 115 Å². The molecular formula is C38H46FNO13. The quantitative estimate of drug-likeness (QED) is 0.175. The van der Waals surface area contributed by atoms with E-state index in [1.54, 1.807) is 20.8 Å². The van der Waals surface area contributed by atoms with Crippen molar-refractivity contribution in [2.24, 2.45) is 57.7 Å². The van der Waals surface area contributed by atoms with E-state index in [0.29, 0.717) is 0 Å². The second-order valence-corrected chi connectivity index (χ2v) is 17.7. The van der Waals surface area contributed by atoms with Gasteiger partial charge in [-0.3, -0.25) is 14.4 Å². The summed E-state index contributed by atoms with van der Waals surface area (Å²) in [5.74, 6) is -12.4. The highest BCUT2D eigenvalue weighted by atomic mass is 19.1.